The Morgan fingerprint density at radius 1 is 1.00 bits per heavy atom. The molecule has 0 bridgehead atoms. The van der Waals surface area contributed by atoms with Gasteiger partial charge >= 0.3 is 12.1 Å². The van der Waals surface area contributed by atoms with Crippen molar-refractivity contribution in [3.05, 3.63) is 60.2 Å². The number of hydrogen-bond acceptors (Lipinski definition) is 4. The monoisotopic (exact) mass is 427 g/mol. The lowest BCUT2D eigenvalue weighted by Crippen LogP contribution is -2.39. The van der Waals surface area contributed by atoms with Crippen LogP contribution in [0.3, 0.4) is 0 Å². The predicted molar refractivity (Wildman–Crippen MR) is 121 cm³/mol. The quantitative estimate of drug-likeness (QED) is 0.610. The molecular formula is C25H33NO5. The summed E-state index contributed by atoms with van der Waals surface area (Å²) in [5, 5.41) is 20.0. The van der Waals surface area contributed by atoms with Crippen molar-refractivity contribution in [2.24, 2.45) is 5.41 Å². The molecule has 0 saturated carbocycles. The number of ether oxygens (including phenoxy) is 1. The molecule has 0 aromatic heterocycles. The van der Waals surface area contributed by atoms with E-state index in [1.165, 1.54) is 4.90 Å². The average molecular weight is 428 g/mol. The Bertz CT molecular complexity index is 875. The first-order valence-corrected chi connectivity index (χ1v) is 10.5. The second kappa shape index (κ2) is 10.4. The van der Waals surface area contributed by atoms with E-state index < -0.39 is 29.7 Å². The fourth-order valence-corrected chi connectivity index (χ4v) is 3.44. The molecule has 168 valence electrons. The standard InChI is InChI=1S/C25H33NO5/c1-24(2,3)31-23(30)26(4)15-9-14-25(18-27,22(28)29)17-19-10-8-13-21(16-19)20-11-6-5-7-12-20/h5-8,10-13,16,27H,9,14-15,17-18H2,1-4H3,(H,28,29). The normalized spacial score (nSPS) is 13.3. The second-order valence-corrected chi connectivity index (χ2v) is 8.99. The van der Waals surface area contributed by atoms with Gasteiger partial charge in [-0.1, -0.05) is 54.6 Å². The van der Waals surface area contributed by atoms with E-state index in [1.807, 2.05) is 54.6 Å². The molecule has 1 amide bonds. The maximum Gasteiger partial charge on any atom is 0.410 e. The smallest absolute Gasteiger partial charge is 0.410 e. The molecule has 31 heavy (non-hydrogen) atoms. The summed E-state index contributed by atoms with van der Waals surface area (Å²) in [5.74, 6) is -1.04. The van der Waals surface area contributed by atoms with Gasteiger partial charge in [-0.05, 0) is 56.7 Å². The Morgan fingerprint density at radius 2 is 1.65 bits per heavy atom. The first-order chi connectivity index (χ1) is 14.6. The van der Waals surface area contributed by atoms with Gasteiger partial charge in [0.2, 0.25) is 0 Å². The number of hydrogen-bond donors (Lipinski definition) is 2. The Kier molecular flexibility index (Phi) is 8.22. The van der Waals surface area contributed by atoms with Crippen molar-refractivity contribution in [3.8, 4) is 11.1 Å². The van der Waals surface area contributed by atoms with Gasteiger partial charge in [-0.3, -0.25) is 4.79 Å². The van der Waals surface area contributed by atoms with Gasteiger partial charge < -0.3 is 19.8 Å². The number of aliphatic hydroxyl groups is 1. The van der Waals surface area contributed by atoms with Crippen LogP contribution in [-0.2, 0) is 16.0 Å². The van der Waals surface area contributed by atoms with Crippen molar-refractivity contribution in [2.45, 2.75) is 45.6 Å². The number of benzene rings is 2. The van der Waals surface area contributed by atoms with Crippen molar-refractivity contribution in [1.82, 2.24) is 4.90 Å². The van der Waals surface area contributed by atoms with Gasteiger partial charge in [-0.15, -0.1) is 0 Å². The largest absolute Gasteiger partial charge is 0.481 e. The number of carboxylic acid groups (broad SMARTS) is 1. The third-order valence-electron chi connectivity index (χ3n) is 5.19. The van der Waals surface area contributed by atoms with Gasteiger partial charge in [0.05, 0.1) is 12.0 Å². The molecule has 0 saturated heterocycles. The highest BCUT2D eigenvalue weighted by Crippen LogP contribution is 2.31. The molecule has 2 aromatic carbocycles. The van der Waals surface area contributed by atoms with E-state index >= 15 is 0 Å². The van der Waals surface area contributed by atoms with Crippen LogP contribution >= 0.6 is 0 Å². The summed E-state index contributed by atoms with van der Waals surface area (Å²) < 4.78 is 5.33. The van der Waals surface area contributed by atoms with Gasteiger partial charge in [0.25, 0.3) is 0 Å². The first-order valence-electron chi connectivity index (χ1n) is 10.5. The molecule has 6 heteroatoms. The topological polar surface area (TPSA) is 87.1 Å². The van der Waals surface area contributed by atoms with Gasteiger partial charge in [0.15, 0.2) is 0 Å². The van der Waals surface area contributed by atoms with Gasteiger partial charge in [-0.25, -0.2) is 4.79 Å². The van der Waals surface area contributed by atoms with Crippen molar-refractivity contribution >= 4 is 12.1 Å². The fraction of sp³-hybridized carbons (Fsp3) is 0.440. The molecule has 0 heterocycles. The minimum atomic E-state index is -1.32. The number of carbonyl (C=O) groups excluding carboxylic acids is 1. The summed E-state index contributed by atoms with van der Waals surface area (Å²) in [7, 11) is 1.62. The lowest BCUT2D eigenvalue weighted by atomic mass is 9.78. The highest BCUT2D eigenvalue weighted by Gasteiger charge is 2.38. The highest BCUT2D eigenvalue weighted by molar-refractivity contribution is 5.75. The number of rotatable bonds is 9. The van der Waals surface area contributed by atoms with Gasteiger partial charge in [0.1, 0.15) is 5.60 Å². The Morgan fingerprint density at radius 3 is 2.23 bits per heavy atom. The Labute approximate surface area is 184 Å². The molecule has 6 nitrogen and oxygen atoms in total. The maximum atomic E-state index is 12.1. The zero-order valence-electron chi connectivity index (χ0n) is 18.8. The molecular weight excluding hydrogens is 394 g/mol. The predicted octanol–water partition coefficient (Wildman–Crippen LogP) is 4.61. The molecule has 1 atom stereocenters. The van der Waals surface area contributed by atoms with Crippen LogP contribution in [0.2, 0.25) is 0 Å². The molecule has 0 aliphatic carbocycles. The van der Waals surface area contributed by atoms with Crippen molar-refractivity contribution in [1.29, 1.82) is 0 Å². The number of aliphatic hydroxyl groups excluding tert-OH is 1. The lowest BCUT2D eigenvalue weighted by molar-refractivity contribution is -0.152. The molecule has 1 unspecified atom stereocenters. The fourth-order valence-electron chi connectivity index (χ4n) is 3.44. The van der Waals surface area contributed by atoms with E-state index in [-0.39, 0.29) is 12.8 Å². The van der Waals surface area contributed by atoms with Crippen LogP contribution in [0.5, 0.6) is 0 Å². The summed E-state index contributed by atoms with van der Waals surface area (Å²) in [6, 6.07) is 17.6. The molecule has 0 spiro atoms. The third kappa shape index (κ3) is 7.10. The summed E-state index contributed by atoms with van der Waals surface area (Å²) in [4.78, 5) is 25.7. The van der Waals surface area contributed by atoms with Crippen LogP contribution < -0.4 is 0 Å². The van der Waals surface area contributed by atoms with Crippen LogP contribution in [0.1, 0.15) is 39.2 Å². The zero-order chi connectivity index (χ0) is 23.1. The molecule has 2 rings (SSSR count). The molecule has 2 N–H and O–H groups in total. The van der Waals surface area contributed by atoms with Crippen LogP contribution in [0, 0.1) is 5.41 Å². The summed E-state index contributed by atoms with van der Waals surface area (Å²) in [5.41, 5.74) is 0.987. The van der Waals surface area contributed by atoms with E-state index in [0.717, 1.165) is 16.7 Å². The summed E-state index contributed by atoms with van der Waals surface area (Å²) in [6.07, 6.45) is 0.422. The number of carbonyl (C=O) groups is 2. The molecule has 0 aliphatic heterocycles. The number of aliphatic carboxylic acids is 1. The number of amides is 1. The third-order valence-corrected chi connectivity index (χ3v) is 5.19. The van der Waals surface area contributed by atoms with E-state index in [4.69, 9.17) is 4.74 Å². The Hall–Kier alpha value is -2.86. The minimum absolute atomic E-state index is 0.204. The molecule has 0 radical (unpaired) electrons. The van der Waals surface area contributed by atoms with Crippen molar-refractivity contribution < 1.29 is 24.5 Å². The minimum Gasteiger partial charge on any atom is -0.481 e. The molecule has 0 aliphatic rings. The van der Waals surface area contributed by atoms with Crippen LogP contribution in [-0.4, -0.2) is 53.0 Å². The average Bonchev–Trinajstić information content (AvgIpc) is 2.72. The van der Waals surface area contributed by atoms with Crippen molar-refractivity contribution in [3.63, 3.8) is 0 Å². The van der Waals surface area contributed by atoms with Crippen LogP contribution in [0.15, 0.2) is 54.6 Å². The van der Waals surface area contributed by atoms with E-state index in [9.17, 15) is 19.8 Å². The highest BCUT2D eigenvalue weighted by atomic mass is 16.6. The first kappa shape index (κ1) is 24.4. The maximum absolute atomic E-state index is 12.1. The molecule has 2 aromatic rings. The SMILES string of the molecule is CN(CCCC(CO)(Cc1cccc(-c2ccccc2)c1)C(=O)O)C(=O)OC(C)(C)C. The number of carboxylic acids is 1. The number of nitrogens with zero attached hydrogens (tertiary/aromatic N) is 1. The van der Waals surface area contributed by atoms with Crippen LogP contribution in [0.4, 0.5) is 4.79 Å². The Balaban J connectivity index is 2.09. The van der Waals surface area contributed by atoms with E-state index in [1.54, 1.807) is 27.8 Å². The second-order valence-electron chi connectivity index (χ2n) is 8.99. The van der Waals surface area contributed by atoms with Gasteiger partial charge in [-0.2, -0.15) is 0 Å². The summed E-state index contributed by atoms with van der Waals surface area (Å²) >= 11 is 0. The van der Waals surface area contributed by atoms with E-state index in [0.29, 0.717) is 13.0 Å². The lowest BCUT2D eigenvalue weighted by Gasteiger charge is -2.29. The summed E-state index contributed by atoms with van der Waals surface area (Å²) in [6.45, 7) is 5.25. The van der Waals surface area contributed by atoms with Gasteiger partial charge in [0, 0.05) is 13.6 Å². The molecule has 0 fully saturated rings. The van der Waals surface area contributed by atoms with Crippen molar-refractivity contribution in [2.75, 3.05) is 20.2 Å². The van der Waals surface area contributed by atoms with E-state index in [2.05, 4.69) is 0 Å². The van der Waals surface area contributed by atoms with Crippen LogP contribution in [0.25, 0.3) is 11.1 Å². The zero-order valence-corrected chi connectivity index (χ0v) is 18.8.